The van der Waals surface area contributed by atoms with Crippen molar-refractivity contribution in [3.05, 3.63) is 16.8 Å². The van der Waals surface area contributed by atoms with E-state index < -0.39 is 0 Å². The van der Waals surface area contributed by atoms with E-state index in [1.165, 1.54) is 0 Å². The molecule has 0 spiro atoms. The molecule has 0 radical (unpaired) electrons. The highest BCUT2D eigenvalue weighted by molar-refractivity contribution is 7.17. The van der Waals surface area contributed by atoms with Crippen LogP contribution in [0.15, 0.2) is 5.38 Å². The van der Waals surface area contributed by atoms with E-state index in [1.807, 2.05) is 34.6 Å². The van der Waals surface area contributed by atoms with Crippen LogP contribution in [0.25, 0.3) is 10.2 Å². The molecule has 2 heterocycles. The number of hydrogen-bond acceptors (Lipinski definition) is 6. The summed E-state index contributed by atoms with van der Waals surface area (Å²) in [6.45, 7) is 9.96. The maximum atomic E-state index is 11.8. The summed E-state index contributed by atoms with van der Waals surface area (Å²) in [6, 6.07) is 0. The normalized spacial score (nSPS) is 12.7. The first-order valence-electron chi connectivity index (χ1n) is 7.05. The van der Waals surface area contributed by atoms with E-state index >= 15 is 0 Å². The van der Waals surface area contributed by atoms with Gasteiger partial charge in [0, 0.05) is 6.54 Å². The molecule has 2 rings (SSSR count). The molecule has 0 aliphatic carbocycles. The van der Waals surface area contributed by atoms with Crippen molar-refractivity contribution in [1.29, 1.82) is 0 Å². The maximum Gasteiger partial charge on any atom is 0.310 e. The fourth-order valence-corrected chi connectivity index (χ4v) is 2.97. The molecule has 0 aromatic carbocycles. The first-order valence-corrected chi connectivity index (χ1v) is 7.93. The molecule has 114 valence electrons. The van der Waals surface area contributed by atoms with Crippen molar-refractivity contribution in [2.24, 2.45) is 5.92 Å². The number of rotatable bonds is 5. The highest BCUT2D eigenvalue weighted by Crippen LogP contribution is 2.29. The third kappa shape index (κ3) is 3.69. The average molecular weight is 307 g/mol. The van der Waals surface area contributed by atoms with Crippen LogP contribution in [0, 0.1) is 19.8 Å². The van der Waals surface area contributed by atoms with Gasteiger partial charge in [-0.1, -0.05) is 6.92 Å². The summed E-state index contributed by atoms with van der Waals surface area (Å²) >= 11 is 1.61. The lowest BCUT2D eigenvalue weighted by Gasteiger charge is -2.15. The molecule has 0 saturated heterocycles. The summed E-state index contributed by atoms with van der Waals surface area (Å²) in [5.41, 5.74) is 1.15. The van der Waals surface area contributed by atoms with E-state index in [2.05, 4.69) is 20.7 Å². The van der Waals surface area contributed by atoms with Gasteiger partial charge in [-0.25, -0.2) is 9.97 Å². The predicted molar refractivity (Wildman–Crippen MR) is 85.8 cm³/mol. The Balaban J connectivity index is 2.13. The van der Waals surface area contributed by atoms with Gasteiger partial charge in [0.15, 0.2) is 0 Å². The Hall–Kier alpha value is -1.69. The van der Waals surface area contributed by atoms with E-state index in [9.17, 15) is 4.79 Å². The third-order valence-electron chi connectivity index (χ3n) is 3.06. The van der Waals surface area contributed by atoms with Gasteiger partial charge in [-0.3, -0.25) is 4.79 Å². The van der Waals surface area contributed by atoms with Gasteiger partial charge < -0.3 is 10.1 Å². The van der Waals surface area contributed by atoms with Crippen LogP contribution in [0.4, 0.5) is 5.82 Å². The van der Waals surface area contributed by atoms with Crippen LogP contribution in [-0.4, -0.2) is 28.6 Å². The van der Waals surface area contributed by atoms with Crippen molar-refractivity contribution in [3.8, 4) is 0 Å². The number of ether oxygens (including phenoxy) is 1. The predicted octanol–water partition coefficient (Wildman–Crippen LogP) is 3.31. The third-order valence-corrected chi connectivity index (χ3v) is 4.05. The highest BCUT2D eigenvalue weighted by Gasteiger charge is 2.17. The number of carbonyl (C=O) groups excluding carboxylic acids is 1. The molecular weight excluding hydrogens is 286 g/mol. The molecule has 0 bridgehead atoms. The number of anilines is 1. The quantitative estimate of drug-likeness (QED) is 0.859. The van der Waals surface area contributed by atoms with Gasteiger partial charge in [0.25, 0.3) is 0 Å². The Labute approximate surface area is 128 Å². The molecule has 6 heteroatoms. The van der Waals surface area contributed by atoms with Gasteiger partial charge in [-0.2, -0.15) is 0 Å². The van der Waals surface area contributed by atoms with Crippen molar-refractivity contribution in [1.82, 2.24) is 9.97 Å². The number of thiophene rings is 1. The zero-order valence-corrected chi connectivity index (χ0v) is 13.9. The molecule has 1 unspecified atom stereocenters. The minimum absolute atomic E-state index is 0.0907. The van der Waals surface area contributed by atoms with Gasteiger partial charge in [0.2, 0.25) is 0 Å². The molecule has 0 aliphatic rings. The standard InChI is InChI=1S/C15H21N3O2S/c1-8(2)20-15(19)9(3)6-16-13-12-10(4)7-21-14(12)18-11(5)17-13/h7-9H,6H2,1-5H3,(H,16,17,18). The molecule has 2 aromatic heterocycles. The largest absolute Gasteiger partial charge is 0.463 e. The molecule has 2 aromatic rings. The second kappa shape index (κ2) is 6.39. The van der Waals surface area contributed by atoms with Gasteiger partial charge >= 0.3 is 5.97 Å². The number of fused-ring (bicyclic) bond motifs is 1. The lowest BCUT2D eigenvalue weighted by Crippen LogP contribution is -2.25. The summed E-state index contributed by atoms with van der Waals surface area (Å²) in [5.74, 6) is 1.10. The lowest BCUT2D eigenvalue weighted by atomic mass is 10.2. The summed E-state index contributed by atoms with van der Waals surface area (Å²) in [6.07, 6.45) is -0.0907. The van der Waals surface area contributed by atoms with E-state index in [0.29, 0.717) is 6.54 Å². The fourth-order valence-electron chi connectivity index (χ4n) is 2.00. The van der Waals surface area contributed by atoms with Gasteiger partial charge in [-0.05, 0) is 38.6 Å². The molecule has 0 fully saturated rings. The van der Waals surface area contributed by atoms with Crippen LogP contribution < -0.4 is 5.32 Å². The van der Waals surface area contributed by atoms with E-state index in [0.717, 1.165) is 27.4 Å². The fraction of sp³-hybridized carbons (Fsp3) is 0.533. The SMILES string of the molecule is Cc1nc(NCC(C)C(=O)OC(C)C)c2c(C)csc2n1. The van der Waals surface area contributed by atoms with Crippen molar-refractivity contribution >= 4 is 33.3 Å². The highest BCUT2D eigenvalue weighted by atomic mass is 32.1. The second-order valence-corrected chi connectivity index (χ2v) is 6.34. The number of nitrogens with zero attached hydrogens (tertiary/aromatic N) is 2. The molecular formula is C15H21N3O2S. The molecule has 1 N–H and O–H groups in total. The van der Waals surface area contributed by atoms with Crippen LogP contribution in [0.2, 0.25) is 0 Å². The van der Waals surface area contributed by atoms with E-state index in [4.69, 9.17) is 4.74 Å². The number of carbonyl (C=O) groups is 1. The smallest absolute Gasteiger partial charge is 0.310 e. The minimum Gasteiger partial charge on any atom is -0.463 e. The molecule has 0 aliphatic heterocycles. The van der Waals surface area contributed by atoms with E-state index in [1.54, 1.807) is 11.3 Å². The number of aryl methyl sites for hydroxylation is 2. The molecule has 5 nitrogen and oxygen atoms in total. The van der Waals surface area contributed by atoms with Crippen molar-refractivity contribution in [2.75, 3.05) is 11.9 Å². The monoisotopic (exact) mass is 307 g/mol. The Morgan fingerprint density at radius 3 is 2.71 bits per heavy atom. The second-order valence-electron chi connectivity index (χ2n) is 5.49. The molecule has 0 amide bonds. The number of hydrogen-bond donors (Lipinski definition) is 1. The zero-order chi connectivity index (χ0) is 15.6. The average Bonchev–Trinajstić information content (AvgIpc) is 2.76. The summed E-state index contributed by atoms with van der Waals surface area (Å²) < 4.78 is 5.21. The maximum absolute atomic E-state index is 11.8. The topological polar surface area (TPSA) is 64.1 Å². The molecule has 1 atom stereocenters. The zero-order valence-electron chi connectivity index (χ0n) is 13.1. The van der Waals surface area contributed by atoms with Crippen LogP contribution >= 0.6 is 11.3 Å². The summed E-state index contributed by atoms with van der Waals surface area (Å²) in [5, 5.41) is 6.37. The van der Waals surface area contributed by atoms with Gasteiger partial charge in [-0.15, -0.1) is 11.3 Å². The van der Waals surface area contributed by atoms with Gasteiger partial charge in [0.1, 0.15) is 16.5 Å². The summed E-state index contributed by atoms with van der Waals surface area (Å²) in [7, 11) is 0. The Kier molecular flexibility index (Phi) is 4.77. The van der Waals surface area contributed by atoms with Crippen LogP contribution in [0.3, 0.4) is 0 Å². The van der Waals surface area contributed by atoms with Crippen molar-refractivity contribution < 1.29 is 9.53 Å². The van der Waals surface area contributed by atoms with Crippen molar-refractivity contribution in [2.45, 2.75) is 40.7 Å². The Morgan fingerprint density at radius 1 is 1.33 bits per heavy atom. The van der Waals surface area contributed by atoms with Gasteiger partial charge in [0.05, 0.1) is 17.4 Å². The van der Waals surface area contributed by atoms with Crippen LogP contribution in [0.5, 0.6) is 0 Å². The Bertz CT molecular complexity index is 652. The minimum atomic E-state index is -0.225. The number of aromatic nitrogens is 2. The van der Waals surface area contributed by atoms with E-state index in [-0.39, 0.29) is 18.0 Å². The first kappa shape index (κ1) is 15.7. The molecule has 0 saturated carbocycles. The van der Waals surface area contributed by atoms with Crippen LogP contribution in [-0.2, 0) is 9.53 Å². The first-order chi connectivity index (χ1) is 9.88. The Morgan fingerprint density at radius 2 is 2.05 bits per heavy atom. The van der Waals surface area contributed by atoms with Crippen molar-refractivity contribution in [3.63, 3.8) is 0 Å². The number of nitrogens with one attached hydrogen (secondary N) is 1. The molecule has 21 heavy (non-hydrogen) atoms. The summed E-state index contributed by atoms with van der Waals surface area (Å²) in [4.78, 5) is 21.7. The number of esters is 1. The lowest BCUT2D eigenvalue weighted by molar-refractivity contribution is -0.151. The van der Waals surface area contributed by atoms with Crippen LogP contribution in [0.1, 0.15) is 32.2 Å².